The third-order valence-corrected chi connectivity index (χ3v) is 3.65. The molecule has 6 nitrogen and oxygen atoms in total. The summed E-state index contributed by atoms with van der Waals surface area (Å²) in [4.78, 5) is 12.7. The maximum Gasteiger partial charge on any atom is 0.258 e. The van der Waals surface area contributed by atoms with E-state index < -0.39 is 0 Å². The van der Waals surface area contributed by atoms with Gasteiger partial charge in [-0.15, -0.1) is 24.8 Å². The van der Waals surface area contributed by atoms with Crippen molar-refractivity contribution in [2.45, 2.75) is 0 Å². The van der Waals surface area contributed by atoms with Crippen LogP contribution in [-0.2, 0) is 0 Å². The van der Waals surface area contributed by atoms with Crippen LogP contribution in [0.25, 0.3) is 34.1 Å². The number of benzene rings is 1. The summed E-state index contributed by atoms with van der Waals surface area (Å²) < 4.78 is 5.37. The highest BCUT2D eigenvalue weighted by Gasteiger charge is 2.12. The SMILES string of the molecule is Cl.Cl.N#Cc1ccc(-c2noc(-c3cccc(-c4cccnc4)c3)n2)nc1. The average molecular weight is 398 g/mol. The van der Waals surface area contributed by atoms with Crippen LogP contribution < -0.4 is 0 Å². The van der Waals surface area contributed by atoms with Crippen LogP contribution in [0, 0.1) is 11.3 Å². The first kappa shape index (κ1) is 20.0. The second-order valence-corrected chi connectivity index (χ2v) is 5.29. The standard InChI is InChI=1S/C19H11N5O.2ClH/c20-10-13-6-7-17(22-11-13)18-23-19(25-24-18)15-4-1-3-14(9-15)16-5-2-8-21-12-16;;/h1-9,11-12H;2*1H. The molecule has 0 spiro atoms. The van der Waals surface area contributed by atoms with Crippen LogP contribution in [-0.4, -0.2) is 20.1 Å². The lowest BCUT2D eigenvalue weighted by Gasteiger charge is -2.02. The number of nitrogens with zero attached hydrogens (tertiary/aromatic N) is 5. The molecular formula is C19H13Cl2N5O. The second kappa shape index (κ2) is 8.90. The summed E-state index contributed by atoms with van der Waals surface area (Å²) in [6.45, 7) is 0. The van der Waals surface area contributed by atoms with Gasteiger partial charge in [0.25, 0.3) is 5.89 Å². The van der Waals surface area contributed by atoms with Gasteiger partial charge in [0.2, 0.25) is 5.82 Å². The first-order chi connectivity index (χ1) is 12.3. The van der Waals surface area contributed by atoms with Crippen molar-refractivity contribution in [2.75, 3.05) is 0 Å². The number of pyridine rings is 2. The number of rotatable bonds is 3. The molecule has 0 aliphatic carbocycles. The van der Waals surface area contributed by atoms with Crippen molar-refractivity contribution in [3.63, 3.8) is 0 Å². The zero-order valence-corrected chi connectivity index (χ0v) is 15.4. The van der Waals surface area contributed by atoms with Crippen molar-refractivity contribution >= 4 is 24.8 Å². The Hall–Kier alpha value is -3.27. The Morgan fingerprint density at radius 3 is 2.41 bits per heavy atom. The summed E-state index contributed by atoms with van der Waals surface area (Å²) in [5.74, 6) is 0.790. The third kappa shape index (κ3) is 4.29. The highest BCUT2D eigenvalue weighted by Crippen LogP contribution is 2.26. The van der Waals surface area contributed by atoms with Gasteiger partial charge in [-0.1, -0.05) is 23.4 Å². The summed E-state index contributed by atoms with van der Waals surface area (Å²) in [6, 6.07) is 17.1. The van der Waals surface area contributed by atoms with E-state index in [9.17, 15) is 0 Å². The molecule has 0 aliphatic rings. The molecular weight excluding hydrogens is 385 g/mol. The molecule has 0 radical (unpaired) electrons. The summed E-state index contributed by atoms with van der Waals surface area (Å²) in [7, 11) is 0. The lowest BCUT2D eigenvalue weighted by molar-refractivity contribution is 0.432. The van der Waals surface area contributed by atoms with E-state index >= 15 is 0 Å². The van der Waals surface area contributed by atoms with E-state index in [1.54, 1.807) is 24.5 Å². The topological polar surface area (TPSA) is 88.5 Å². The number of hydrogen-bond donors (Lipinski definition) is 0. The molecule has 0 atom stereocenters. The monoisotopic (exact) mass is 397 g/mol. The molecule has 0 bridgehead atoms. The molecule has 0 saturated carbocycles. The minimum atomic E-state index is 0. The maximum atomic E-state index is 8.83. The van der Waals surface area contributed by atoms with Crippen LogP contribution in [0.1, 0.15) is 5.56 Å². The van der Waals surface area contributed by atoms with Gasteiger partial charge in [0, 0.05) is 29.7 Å². The number of aromatic nitrogens is 4. The normalized spacial score (nSPS) is 9.59. The van der Waals surface area contributed by atoms with Gasteiger partial charge >= 0.3 is 0 Å². The molecule has 0 unspecified atom stereocenters. The molecule has 8 heteroatoms. The van der Waals surface area contributed by atoms with E-state index in [1.165, 1.54) is 6.20 Å². The molecule has 0 fully saturated rings. The summed E-state index contributed by atoms with van der Waals surface area (Å²) in [5.41, 5.74) is 3.88. The third-order valence-electron chi connectivity index (χ3n) is 3.65. The zero-order chi connectivity index (χ0) is 17.1. The van der Waals surface area contributed by atoms with Crippen molar-refractivity contribution in [2.24, 2.45) is 0 Å². The molecule has 1 aromatic carbocycles. The van der Waals surface area contributed by atoms with Crippen molar-refractivity contribution in [1.29, 1.82) is 5.26 Å². The summed E-state index contributed by atoms with van der Waals surface area (Å²) in [5, 5.41) is 12.8. The molecule has 3 aromatic heterocycles. The van der Waals surface area contributed by atoms with Crippen LogP contribution in [0.4, 0.5) is 0 Å². The molecule has 3 heterocycles. The van der Waals surface area contributed by atoms with Gasteiger partial charge in [-0.05, 0) is 35.9 Å². The van der Waals surface area contributed by atoms with Crippen LogP contribution in [0.15, 0.2) is 71.6 Å². The Morgan fingerprint density at radius 1 is 0.889 bits per heavy atom. The molecule has 0 saturated heterocycles. The molecule has 4 aromatic rings. The fraction of sp³-hybridized carbons (Fsp3) is 0. The molecule has 27 heavy (non-hydrogen) atoms. The van der Waals surface area contributed by atoms with Crippen LogP contribution >= 0.6 is 24.8 Å². The van der Waals surface area contributed by atoms with Crippen LogP contribution in [0.2, 0.25) is 0 Å². The van der Waals surface area contributed by atoms with E-state index in [-0.39, 0.29) is 24.8 Å². The van der Waals surface area contributed by atoms with E-state index in [0.29, 0.717) is 23.0 Å². The molecule has 134 valence electrons. The Bertz CT molecular complexity index is 1060. The van der Waals surface area contributed by atoms with Gasteiger partial charge in [0.15, 0.2) is 0 Å². The molecule has 4 rings (SSSR count). The number of halogens is 2. The molecule has 0 amide bonds. The van der Waals surface area contributed by atoms with Crippen molar-refractivity contribution in [1.82, 2.24) is 20.1 Å². The lowest BCUT2D eigenvalue weighted by Crippen LogP contribution is -1.87. The van der Waals surface area contributed by atoms with Gasteiger partial charge in [-0.2, -0.15) is 10.2 Å². The number of hydrogen-bond acceptors (Lipinski definition) is 6. The Kier molecular flexibility index (Phi) is 6.61. The van der Waals surface area contributed by atoms with Crippen LogP contribution in [0.3, 0.4) is 0 Å². The first-order valence-corrected chi connectivity index (χ1v) is 7.54. The molecule has 0 aliphatic heterocycles. The van der Waals surface area contributed by atoms with E-state index in [2.05, 4.69) is 20.1 Å². The van der Waals surface area contributed by atoms with Gasteiger partial charge in [-0.25, -0.2) is 0 Å². The Labute approximate surface area is 167 Å². The van der Waals surface area contributed by atoms with Gasteiger partial charge in [-0.3, -0.25) is 9.97 Å². The quantitative estimate of drug-likeness (QED) is 0.502. The smallest absolute Gasteiger partial charge is 0.258 e. The van der Waals surface area contributed by atoms with Crippen molar-refractivity contribution in [3.8, 4) is 40.2 Å². The van der Waals surface area contributed by atoms with Gasteiger partial charge < -0.3 is 4.52 Å². The van der Waals surface area contributed by atoms with E-state index in [1.807, 2.05) is 42.5 Å². The van der Waals surface area contributed by atoms with E-state index in [4.69, 9.17) is 9.78 Å². The number of nitriles is 1. The van der Waals surface area contributed by atoms with Crippen molar-refractivity contribution in [3.05, 3.63) is 72.7 Å². The summed E-state index contributed by atoms with van der Waals surface area (Å²) >= 11 is 0. The lowest BCUT2D eigenvalue weighted by atomic mass is 10.0. The highest BCUT2D eigenvalue weighted by molar-refractivity contribution is 5.85. The zero-order valence-electron chi connectivity index (χ0n) is 13.8. The fourth-order valence-electron chi connectivity index (χ4n) is 2.40. The van der Waals surface area contributed by atoms with Crippen molar-refractivity contribution < 1.29 is 4.52 Å². The Morgan fingerprint density at radius 2 is 1.70 bits per heavy atom. The first-order valence-electron chi connectivity index (χ1n) is 7.54. The highest BCUT2D eigenvalue weighted by atomic mass is 35.5. The minimum absolute atomic E-state index is 0. The molecule has 0 N–H and O–H groups in total. The minimum Gasteiger partial charge on any atom is -0.334 e. The Balaban J connectivity index is 0.00000131. The fourth-order valence-corrected chi connectivity index (χ4v) is 2.40. The predicted molar refractivity (Wildman–Crippen MR) is 105 cm³/mol. The second-order valence-electron chi connectivity index (χ2n) is 5.29. The maximum absolute atomic E-state index is 8.83. The van der Waals surface area contributed by atoms with E-state index in [0.717, 1.165) is 16.7 Å². The predicted octanol–water partition coefficient (Wildman–Crippen LogP) is 4.58. The van der Waals surface area contributed by atoms with Gasteiger partial charge in [0.05, 0.1) is 5.56 Å². The van der Waals surface area contributed by atoms with Crippen LogP contribution in [0.5, 0.6) is 0 Å². The van der Waals surface area contributed by atoms with Gasteiger partial charge in [0.1, 0.15) is 11.8 Å². The summed E-state index contributed by atoms with van der Waals surface area (Å²) in [6.07, 6.45) is 5.02. The largest absolute Gasteiger partial charge is 0.334 e. The average Bonchev–Trinajstić information content (AvgIpc) is 3.19.